The molecule has 0 saturated carbocycles. The van der Waals surface area contributed by atoms with Crippen LogP contribution in [0.4, 0.5) is 0 Å². The van der Waals surface area contributed by atoms with Crippen molar-refractivity contribution in [3.05, 3.63) is 0 Å². The molecular weight excluding hydrogens is 164 g/mol. The van der Waals surface area contributed by atoms with Crippen LogP contribution in [0.2, 0.25) is 0 Å². The molecule has 0 saturated heterocycles. The summed E-state index contributed by atoms with van der Waals surface area (Å²) in [6.07, 6.45) is 5.79. The number of nitrogens with one attached hydrogen (secondary N) is 2. The zero-order chi connectivity index (χ0) is 9.78. The van der Waals surface area contributed by atoms with E-state index in [4.69, 9.17) is 11.5 Å². The lowest BCUT2D eigenvalue weighted by atomic mass is 10.2. The van der Waals surface area contributed by atoms with E-state index in [-0.39, 0.29) is 0 Å². The second kappa shape index (κ2) is 11.8. The van der Waals surface area contributed by atoms with Gasteiger partial charge in [0.05, 0.1) is 0 Å². The summed E-state index contributed by atoms with van der Waals surface area (Å²) in [5.41, 5.74) is 17.1. The van der Waals surface area contributed by atoms with Crippen LogP contribution in [0.1, 0.15) is 32.1 Å². The van der Waals surface area contributed by atoms with Crippen LogP contribution in [0, 0.1) is 0 Å². The van der Waals surface area contributed by atoms with Crippen LogP contribution in [0.15, 0.2) is 0 Å². The summed E-state index contributed by atoms with van der Waals surface area (Å²) in [6.45, 7) is 3.64. The second-order valence-corrected chi connectivity index (χ2v) is 3.20. The summed E-state index contributed by atoms with van der Waals surface area (Å²) in [5, 5.41) is 0. The van der Waals surface area contributed by atoms with Crippen LogP contribution >= 0.6 is 0 Å². The van der Waals surface area contributed by atoms with Crippen molar-refractivity contribution in [2.24, 2.45) is 11.5 Å². The third-order valence-corrected chi connectivity index (χ3v) is 1.89. The Bertz CT molecular complexity index is 77.7. The van der Waals surface area contributed by atoms with Gasteiger partial charge in [0.15, 0.2) is 0 Å². The van der Waals surface area contributed by atoms with Crippen molar-refractivity contribution in [3.8, 4) is 0 Å². The maximum Gasteiger partial charge on any atom is 0.0100 e. The van der Waals surface area contributed by atoms with Crippen molar-refractivity contribution in [1.82, 2.24) is 10.9 Å². The highest BCUT2D eigenvalue weighted by molar-refractivity contribution is 4.47. The summed E-state index contributed by atoms with van der Waals surface area (Å²) in [6, 6.07) is 0. The van der Waals surface area contributed by atoms with Crippen LogP contribution in [0.25, 0.3) is 0 Å². The first-order valence-corrected chi connectivity index (χ1v) is 5.27. The van der Waals surface area contributed by atoms with Gasteiger partial charge < -0.3 is 11.5 Å². The monoisotopic (exact) mass is 188 g/mol. The van der Waals surface area contributed by atoms with Crippen molar-refractivity contribution >= 4 is 0 Å². The molecule has 0 aliphatic heterocycles. The van der Waals surface area contributed by atoms with E-state index >= 15 is 0 Å². The second-order valence-electron chi connectivity index (χ2n) is 3.20. The number of hydrogen-bond acceptors (Lipinski definition) is 4. The van der Waals surface area contributed by atoms with Crippen LogP contribution in [-0.4, -0.2) is 26.2 Å². The lowest BCUT2D eigenvalue weighted by molar-refractivity contribution is 0.495. The van der Waals surface area contributed by atoms with Crippen molar-refractivity contribution in [3.63, 3.8) is 0 Å². The topological polar surface area (TPSA) is 76.1 Å². The Labute approximate surface area is 81.4 Å². The highest BCUT2D eigenvalue weighted by Gasteiger charge is 1.88. The Hall–Kier alpha value is -0.160. The highest BCUT2D eigenvalue weighted by atomic mass is 15.3. The smallest absolute Gasteiger partial charge is 0.0100 e. The summed E-state index contributed by atoms with van der Waals surface area (Å²) < 4.78 is 0. The molecule has 0 unspecified atom stereocenters. The molecule has 4 heteroatoms. The number of unbranched alkanes of at least 4 members (excludes halogenated alkanes) is 3. The standard InChI is InChI=1S/C9H24N4/c10-6-2-1-4-8-12-13-9-5-3-7-11/h12-13H,1-11H2. The van der Waals surface area contributed by atoms with Gasteiger partial charge in [0.1, 0.15) is 0 Å². The van der Waals surface area contributed by atoms with Crippen molar-refractivity contribution < 1.29 is 0 Å². The molecule has 6 N–H and O–H groups in total. The largest absolute Gasteiger partial charge is 0.330 e. The van der Waals surface area contributed by atoms with E-state index in [2.05, 4.69) is 10.9 Å². The van der Waals surface area contributed by atoms with E-state index in [9.17, 15) is 0 Å². The maximum atomic E-state index is 5.38. The van der Waals surface area contributed by atoms with Crippen molar-refractivity contribution in [1.29, 1.82) is 0 Å². The SMILES string of the molecule is NCCCCCNNCCCCN. The van der Waals surface area contributed by atoms with Gasteiger partial charge in [-0.3, -0.25) is 10.9 Å². The van der Waals surface area contributed by atoms with Crippen molar-refractivity contribution in [2.75, 3.05) is 26.2 Å². The Morgan fingerprint density at radius 3 is 1.62 bits per heavy atom. The number of hydrazine groups is 1. The minimum absolute atomic E-state index is 0.790. The summed E-state index contributed by atoms with van der Waals surface area (Å²) in [4.78, 5) is 0. The van der Waals surface area contributed by atoms with Gasteiger partial charge >= 0.3 is 0 Å². The van der Waals surface area contributed by atoms with Crippen LogP contribution < -0.4 is 22.3 Å². The molecule has 4 nitrogen and oxygen atoms in total. The Morgan fingerprint density at radius 2 is 1.08 bits per heavy atom. The lowest BCUT2D eigenvalue weighted by Crippen LogP contribution is -2.33. The van der Waals surface area contributed by atoms with E-state index in [1.807, 2.05) is 0 Å². The average Bonchev–Trinajstić information content (AvgIpc) is 2.16. The molecule has 0 atom stereocenters. The highest BCUT2D eigenvalue weighted by Crippen LogP contribution is 1.90. The molecule has 0 rings (SSSR count). The van der Waals surface area contributed by atoms with E-state index in [0.717, 1.165) is 45.4 Å². The molecule has 0 heterocycles. The predicted molar refractivity (Wildman–Crippen MR) is 57.2 cm³/mol. The minimum Gasteiger partial charge on any atom is -0.330 e. The van der Waals surface area contributed by atoms with Gasteiger partial charge in [0.2, 0.25) is 0 Å². The lowest BCUT2D eigenvalue weighted by Gasteiger charge is -2.05. The first-order valence-electron chi connectivity index (χ1n) is 5.27. The fourth-order valence-electron chi connectivity index (χ4n) is 1.07. The third-order valence-electron chi connectivity index (χ3n) is 1.89. The first-order chi connectivity index (χ1) is 6.41. The van der Waals surface area contributed by atoms with Crippen LogP contribution in [0.3, 0.4) is 0 Å². The first kappa shape index (κ1) is 12.8. The molecule has 0 amide bonds. The average molecular weight is 188 g/mol. The van der Waals surface area contributed by atoms with E-state index < -0.39 is 0 Å². The van der Waals surface area contributed by atoms with Gasteiger partial charge in [-0.1, -0.05) is 6.42 Å². The molecule has 0 fully saturated rings. The van der Waals surface area contributed by atoms with Gasteiger partial charge in [-0.25, -0.2) is 0 Å². The van der Waals surface area contributed by atoms with Gasteiger partial charge in [0.25, 0.3) is 0 Å². The molecule has 80 valence electrons. The molecule has 0 spiro atoms. The quantitative estimate of drug-likeness (QED) is 0.286. The Balaban J connectivity index is 2.76. The molecular formula is C9H24N4. The molecule has 0 aromatic heterocycles. The third kappa shape index (κ3) is 11.8. The summed E-state index contributed by atoms with van der Waals surface area (Å²) in [5.74, 6) is 0. The molecule has 0 radical (unpaired) electrons. The zero-order valence-electron chi connectivity index (χ0n) is 8.52. The molecule has 0 aromatic carbocycles. The van der Waals surface area contributed by atoms with E-state index in [1.165, 1.54) is 12.8 Å². The molecule has 0 aliphatic carbocycles. The molecule has 0 aliphatic rings. The van der Waals surface area contributed by atoms with Crippen LogP contribution in [0.5, 0.6) is 0 Å². The fourth-order valence-corrected chi connectivity index (χ4v) is 1.07. The van der Waals surface area contributed by atoms with Crippen LogP contribution in [-0.2, 0) is 0 Å². The summed E-state index contributed by atoms with van der Waals surface area (Å²) in [7, 11) is 0. The molecule has 0 bridgehead atoms. The number of rotatable bonds is 10. The van der Waals surface area contributed by atoms with E-state index in [0.29, 0.717) is 0 Å². The minimum atomic E-state index is 0.790. The maximum absolute atomic E-state index is 5.38. The van der Waals surface area contributed by atoms with Gasteiger partial charge in [-0.2, -0.15) is 0 Å². The number of hydrogen-bond donors (Lipinski definition) is 4. The molecule has 13 heavy (non-hydrogen) atoms. The van der Waals surface area contributed by atoms with E-state index in [1.54, 1.807) is 0 Å². The van der Waals surface area contributed by atoms with Gasteiger partial charge in [-0.05, 0) is 38.8 Å². The van der Waals surface area contributed by atoms with Gasteiger partial charge in [-0.15, -0.1) is 0 Å². The predicted octanol–water partition coefficient (Wildman–Crippen LogP) is -0.0515. The van der Waals surface area contributed by atoms with Gasteiger partial charge in [0, 0.05) is 13.1 Å². The zero-order valence-corrected chi connectivity index (χ0v) is 8.52. The van der Waals surface area contributed by atoms with Crippen molar-refractivity contribution in [2.45, 2.75) is 32.1 Å². The Morgan fingerprint density at radius 1 is 0.615 bits per heavy atom. The molecule has 0 aromatic rings. The fraction of sp³-hybridized carbons (Fsp3) is 1.00. The number of nitrogens with two attached hydrogens (primary N) is 2. The normalized spacial score (nSPS) is 10.6. The summed E-state index contributed by atoms with van der Waals surface area (Å²) >= 11 is 0. The Kier molecular flexibility index (Phi) is 11.7.